The topological polar surface area (TPSA) is 37.4 Å². The van der Waals surface area contributed by atoms with Gasteiger partial charge in [0.2, 0.25) is 5.91 Å². The second-order valence-electron chi connectivity index (χ2n) is 4.69. The third-order valence-corrected chi connectivity index (χ3v) is 3.27. The minimum Gasteiger partial charge on any atom is -0.294 e. The van der Waals surface area contributed by atoms with E-state index in [1.54, 1.807) is 11.0 Å². The van der Waals surface area contributed by atoms with Gasteiger partial charge < -0.3 is 0 Å². The molecule has 1 aliphatic rings. The van der Waals surface area contributed by atoms with Crippen LogP contribution in [0.15, 0.2) is 48.5 Å². The fourth-order valence-corrected chi connectivity index (χ4v) is 2.37. The zero-order valence-corrected chi connectivity index (χ0v) is 10.6. The van der Waals surface area contributed by atoms with Gasteiger partial charge in [-0.3, -0.25) is 14.5 Å². The van der Waals surface area contributed by atoms with Gasteiger partial charge in [-0.2, -0.15) is 0 Å². The van der Waals surface area contributed by atoms with Gasteiger partial charge in [-0.15, -0.1) is 0 Å². The van der Waals surface area contributed by atoms with E-state index in [2.05, 4.69) is 0 Å². The van der Waals surface area contributed by atoms with Crippen LogP contribution in [0.4, 0.5) is 11.4 Å². The Morgan fingerprint density at radius 2 is 1.74 bits per heavy atom. The lowest BCUT2D eigenvalue weighted by molar-refractivity contribution is -0.117. The first-order chi connectivity index (χ1) is 9.16. The summed E-state index contributed by atoms with van der Waals surface area (Å²) in [5.74, 6) is -0.276. The highest BCUT2D eigenvalue weighted by molar-refractivity contribution is 6.22. The molecule has 0 N–H and O–H groups in total. The second kappa shape index (κ2) is 4.35. The highest BCUT2D eigenvalue weighted by atomic mass is 16.2. The Bertz CT molecular complexity index is 662. The zero-order chi connectivity index (χ0) is 13.4. The molecule has 0 radical (unpaired) electrons. The number of ketones is 1. The van der Waals surface area contributed by atoms with Gasteiger partial charge in [-0.1, -0.05) is 24.3 Å². The fourth-order valence-electron chi connectivity index (χ4n) is 2.37. The van der Waals surface area contributed by atoms with Gasteiger partial charge in [0.25, 0.3) is 0 Å². The molecule has 0 unspecified atom stereocenters. The molecule has 0 saturated carbocycles. The predicted octanol–water partition coefficient (Wildman–Crippen LogP) is 3.25. The minimum absolute atomic E-state index is 0.0645. The summed E-state index contributed by atoms with van der Waals surface area (Å²) in [7, 11) is 0. The summed E-state index contributed by atoms with van der Waals surface area (Å²) in [4.78, 5) is 25.7. The number of hydrogen-bond acceptors (Lipinski definition) is 2. The quantitative estimate of drug-likeness (QED) is 0.729. The van der Waals surface area contributed by atoms with Crippen molar-refractivity contribution >= 4 is 23.1 Å². The molecule has 0 aliphatic carbocycles. The van der Waals surface area contributed by atoms with Crippen LogP contribution in [0.25, 0.3) is 0 Å². The Balaban J connectivity index is 2.21. The first kappa shape index (κ1) is 11.7. The van der Waals surface area contributed by atoms with E-state index in [4.69, 9.17) is 0 Å². The number of aryl methyl sites for hydroxylation is 1. The van der Waals surface area contributed by atoms with E-state index >= 15 is 0 Å². The van der Waals surface area contributed by atoms with Crippen LogP contribution < -0.4 is 4.90 Å². The van der Waals surface area contributed by atoms with Crippen LogP contribution in [0.2, 0.25) is 0 Å². The molecular formula is C16H13NO2. The average molecular weight is 251 g/mol. The molecule has 0 saturated heterocycles. The fraction of sp³-hybridized carbons (Fsp3) is 0.125. The Labute approximate surface area is 111 Å². The number of benzene rings is 2. The van der Waals surface area contributed by atoms with E-state index in [1.807, 2.05) is 49.4 Å². The highest BCUT2D eigenvalue weighted by Crippen LogP contribution is 2.34. The third-order valence-electron chi connectivity index (χ3n) is 3.27. The Morgan fingerprint density at radius 1 is 1.00 bits per heavy atom. The molecule has 94 valence electrons. The second-order valence-corrected chi connectivity index (χ2v) is 4.69. The molecule has 3 nitrogen and oxygen atoms in total. The van der Waals surface area contributed by atoms with Crippen LogP contribution in [-0.4, -0.2) is 11.7 Å². The van der Waals surface area contributed by atoms with Crippen LogP contribution >= 0.6 is 0 Å². The van der Waals surface area contributed by atoms with Gasteiger partial charge >= 0.3 is 0 Å². The number of para-hydroxylation sites is 1. The summed E-state index contributed by atoms with van der Waals surface area (Å²) in [5, 5.41) is 0. The lowest BCUT2D eigenvalue weighted by Crippen LogP contribution is -2.33. The molecule has 0 aromatic heterocycles. The van der Waals surface area contributed by atoms with Crippen molar-refractivity contribution in [2.75, 3.05) is 4.90 Å². The standard InChI is InChI=1S/C16H13NO2/c1-11-7-8-13-14(9-11)17(16(19)10-15(13)18)12-5-3-2-4-6-12/h2-9H,10H2,1H3. The van der Waals surface area contributed by atoms with Gasteiger partial charge in [-0.25, -0.2) is 0 Å². The van der Waals surface area contributed by atoms with E-state index < -0.39 is 0 Å². The van der Waals surface area contributed by atoms with Crippen LogP contribution in [0, 0.1) is 6.92 Å². The molecule has 3 heteroatoms. The summed E-state index contributed by atoms with van der Waals surface area (Å²) in [6.45, 7) is 1.95. The van der Waals surface area contributed by atoms with Crippen molar-refractivity contribution in [2.45, 2.75) is 13.3 Å². The summed E-state index contributed by atoms with van der Waals surface area (Å²) in [6.07, 6.45) is -0.0645. The number of nitrogens with zero attached hydrogens (tertiary/aromatic N) is 1. The van der Waals surface area contributed by atoms with Crippen LogP contribution in [0.5, 0.6) is 0 Å². The summed E-state index contributed by atoms with van der Waals surface area (Å²) < 4.78 is 0. The van der Waals surface area contributed by atoms with Gasteiger partial charge in [-0.05, 0) is 36.8 Å². The van der Waals surface area contributed by atoms with Crippen molar-refractivity contribution in [1.29, 1.82) is 0 Å². The van der Waals surface area contributed by atoms with Gasteiger partial charge in [0.15, 0.2) is 5.78 Å². The molecule has 0 fully saturated rings. The van der Waals surface area contributed by atoms with Crippen LogP contribution in [-0.2, 0) is 4.79 Å². The Morgan fingerprint density at radius 3 is 2.47 bits per heavy atom. The molecule has 3 rings (SSSR count). The number of amides is 1. The maximum absolute atomic E-state index is 12.2. The number of hydrogen-bond donors (Lipinski definition) is 0. The van der Waals surface area contributed by atoms with E-state index in [0.717, 1.165) is 11.3 Å². The third kappa shape index (κ3) is 1.93. The van der Waals surface area contributed by atoms with Crippen LogP contribution in [0.1, 0.15) is 22.3 Å². The first-order valence-corrected chi connectivity index (χ1v) is 6.18. The molecule has 19 heavy (non-hydrogen) atoms. The maximum atomic E-state index is 12.2. The smallest absolute Gasteiger partial charge is 0.239 e. The highest BCUT2D eigenvalue weighted by Gasteiger charge is 2.30. The number of carbonyl (C=O) groups excluding carboxylic acids is 2. The zero-order valence-electron chi connectivity index (χ0n) is 10.6. The molecular weight excluding hydrogens is 238 g/mol. The van der Waals surface area contributed by atoms with E-state index in [-0.39, 0.29) is 18.1 Å². The van der Waals surface area contributed by atoms with E-state index in [1.165, 1.54) is 0 Å². The number of anilines is 2. The minimum atomic E-state index is -0.172. The SMILES string of the molecule is Cc1ccc2c(c1)N(c1ccccc1)C(=O)CC2=O. The molecule has 2 aromatic carbocycles. The lowest BCUT2D eigenvalue weighted by atomic mass is 9.97. The average Bonchev–Trinajstić information content (AvgIpc) is 2.39. The number of rotatable bonds is 1. The molecule has 0 atom stereocenters. The number of fused-ring (bicyclic) bond motifs is 1. The molecule has 1 heterocycles. The van der Waals surface area contributed by atoms with Gasteiger partial charge in [0.05, 0.1) is 12.1 Å². The van der Waals surface area contributed by atoms with Crippen molar-refractivity contribution < 1.29 is 9.59 Å². The van der Waals surface area contributed by atoms with Crippen LogP contribution in [0.3, 0.4) is 0 Å². The van der Waals surface area contributed by atoms with Crippen molar-refractivity contribution in [3.63, 3.8) is 0 Å². The molecule has 0 spiro atoms. The molecule has 1 amide bonds. The molecule has 0 bridgehead atoms. The summed E-state index contributed by atoms with van der Waals surface area (Å²) in [5.41, 5.74) is 3.13. The predicted molar refractivity (Wildman–Crippen MR) is 73.7 cm³/mol. The van der Waals surface area contributed by atoms with Crippen molar-refractivity contribution in [1.82, 2.24) is 0 Å². The lowest BCUT2D eigenvalue weighted by Gasteiger charge is -2.29. The Kier molecular flexibility index (Phi) is 2.67. The molecule has 2 aromatic rings. The van der Waals surface area contributed by atoms with E-state index in [9.17, 15) is 9.59 Å². The maximum Gasteiger partial charge on any atom is 0.239 e. The van der Waals surface area contributed by atoms with E-state index in [0.29, 0.717) is 11.3 Å². The van der Waals surface area contributed by atoms with Crippen molar-refractivity contribution in [3.8, 4) is 0 Å². The number of carbonyl (C=O) groups is 2. The largest absolute Gasteiger partial charge is 0.294 e. The van der Waals surface area contributed by atoms with Gasteiger partial charge in [0.1, 0.15) is 0 Å². The summed E-state index contributed by atoms with van der Waals surface area (Å²) >= 11 is 0. The monoisotopic (exact) mass is 251 g/mol. The normalized spacial score (nSPS) is 14.5. The Hall–Kier alpha value is -2.42. The summed E-state index contributed by atoms with van der Waals surface area (Å²) in [6, 6.07) is 15.0. The van der Waals surface area contributed by atoms with Crippen molar-refractivity contribution in [3.05, 3.63) is 59.7 Å². The van der Waals surface area contributed by atoms with Gasteiger partial charge in [0, 0.05) is 11.3 Å². The van der Waals surface area contributed by atoms with Crippen molar-refractivity contribution in [2.24, 2.45) is 0 Å². The number of Topliss-reactive ketones (excluding diaryl/α,β-unsaturated/α-hetero) is 1. The first-order valence-electron chi connectivity index (χ1n) is 6.18. The molecule has 1 aliphatic heterocycles.